The number of carboxylic acid groups (broad SMARTS) is 1. The SMILES string of the molecule is Cc1noc(-c2ccc(Cl)cc2Cl)c1N[C@@]1(C)C(=O)N2[C@@H](C(=O)O)C(C)(C)S[C@@H]21. The van der Waals surface area contributed by atoms with E-state index in [1.165, 1.54) is 16.7 Å². The van der Waals surface area contributed by atoms with E-state index in [9.17, 15) is 14.7 Å². The number of aromatic nitrogens is 1. The second-order valence-electron chi connectivity index (χ2n) is 7.95. The van der Waals surface area contributed by atoms with E-state index in [-0.39, 0.29) is 11.3 Å². The van der Waals surface area contributed by atoms with Crippen LogP contribution in [0.5, 0.6) is 0 Å². The van der Waals surface area contributed by atoms with Crippen LogP contribution in [0.15, 0.2) is 22.7 Å². The Morgan fingerprint density at radius 2 is 2.03 bits per heavy atom. The number of benzene rings is 1. The second kappa shape index (κ2) is 6.55. The van der Waals surface area contributed by atoms with E-state index in [0.717, 1.165) is 0 Å². The number of halogens is 2. The molecule has 0 radical (unpaired) electrons. The quantitative estimate of drug-likeness (QED) is 0.664. The van der Waals surface area contributed by atoms with E-state index in [2.05, 4.69) is 10.5 Å². The molecule has 154 valence electrons. The van der Waals surface area contributed by atoms with E-state index in [4.69, 9.17) is 27.7 Å². The highest BCUT2D eigenvalue weighted by atomic mass is 35.5. The summed E-state index contributed by atoms with van der Waals surface area (Å²) >= 11 is 13.8. The third kappa shape index (κ3) is 2.92. The van der Waals surface area contributed by atoms with Crippen LogP contribution in [0.1, 0.15) is 26.5 Å². The van der Waals surface area contributed by atoms with E-state index in [0.29, 0.717) is 32.8 Å². The first kappa shape index (κ1) is 20.4. The van der Waals surface area contributed by atoms with Crippen molar-refractivity contribution in [3.63, 3.8) is 0 Å². The number of anilines is 1. The molecule has 2 aliphatic rings. The molecule has 2 saturated heterocycles. The van der Waals surface area contributed by atoms with Crippen molar-refractivity contribution < 1.29 is 19.2 Å². The van der Waals surface area contributed by atoms with E-state index in [1.54, 1.807) is 32.0 Å². The molecule has 1 amide bonds. The number of carboxylic acids is 1. The lowest BCUT2D eigenvalue weighted by Crippen LogP contribution is -2.75. The fraction of sp³-hybridized carbons (Fsp3) is 0.421. The maximum absolute atomic E-state index is 13.1. The summed E-state index contributed by atoms with van der Waals surface area (Å²) in [4.78, 5) is 26.3. The Morgan fingerprint density at radius 3 is 2.66 bits per heavy atom. The van der Waals surface area contributed by atoms with Crippen LogP contribution in [-0.2, 0) is 9.59 Å². The second-order valence-corrected chi connectivity index (χ2v) is 10.5. The highest BCUT2D eigenvalue weighted by molar-refractivity contribution is 8.01. The molecular formula is C19H19Cl2N3O4S. The number of carbonyl (C=O) groups excluding carboxylic acids is 1. The van der Waals surface area contributed by atoms with Crippen LogP contribution in [0.25, 0.3) is 11.3 Å². The van der Waals surface area contributed by atoms with Gasteiger partial charge in [-0.25, -0.2) is 4.79 Å². The number of aliphatic carboxylic acids is 1. The number of amides is 1. The Balaban J connectivity index is 1.70. The number of nitrogens with zero attached hydrogens (tertiary/aromatic N) is 2. The molecule has 2 aliphatic heterocycles. The lowest BCUT2D eigenvalue weighted by atomic mass is 9.85. The summed E-state index contributed by atoms with van der Waals surface area (Å²) < 4.78 is 4.88. The van der Waals surface area contributed by atoms with Crippen LogP contribution >= 0.6 is 35.0 Å². The number of rotatable bonds is 4. The molecule has 3 atom stereocenters. The summed E-state index contributed by atoms with van der Waals surface area (Å²) in [6, 6.07) is 4.13. The van der Waals surface area contributed by atoms with Crippen LogP contribution in [0.4, 0.5) is 5.69 Å². The van der Waals surface area contributed by atoms with Crippen LogP contribution in [0.3, 0.4) is 0 Å². The lowest BCUT2D eigenvalue weighted by Gasteiger charge is -2.51. The smallest absolute Gasteiger partial charge is 0.327 e. The highest BCUT2D eigenvalue weighted by Gasteiger charge is 2.69. The first-order valence-corrected chi connectivity index (χ1v) is 10.5. The molecule has 10 heteroatoms. The predicted molar refractivity (Wildman–Crippen MR) is 112 cm³/mol. The molecule has 0 aliphatic carbocycles. The number of carbonyl (C=O) groups is 2. The number of thioether (sulfide) groups is 1. The largest absolute Gasteiger partial charge is 0.480 e. The first-order valence-electron chi connectivity index (χ1n) is 8.90. The zero-order valence-electron chi connectivity index (χ0n) is 16.1. The van der Waals surface area contributed by atoms with Gasteiger partial charge in [0.1, 0.15) is 28.3 Å². The Kier molecular flexibility index (Phi) is 4.60. The zero-order chi connectivity index (χ0) is 21.3. The summed E-state index contributed by atoms with van der Waals surface area (Å²) in [7, 11) is 0. The van der Waals surface area contributed by atoms with E-state index >= 15 is 0 Å². The average molecular weight is 456 g/mol. The van der Waals surface area contributed by atoms with Crippen molar-refractivity contribution in [2.45, 2.75) is 49.4 Å². The van der Waals surface area contributed by atoms with Crippen molar-refractivity contribution in [1.29, 1.82) is 0 Å². The monoisotopic (exact) mass is 455 g/mol. The number of nitrogens with one attached hydrogen (secondary N) is 1. The average Bonchev–Trinajstić information content (AvgIpc) is 3.11. The van der Waals surface area contributed by atoms with Gasteiger partial charge in [0.25, 0.3) is 5.91 Å². The Bertz CT molecular complexity index is 1040. The molecule has 1 aromatic carbocycles. The van der Waals surface area contributed by atoms with Crippen molar-refractivity contribution >= 4 is 52.5 Å². The molecule has 2 N–H and O–H groups in total. The van der Waals surface area contributed by atoms with Crippen LogP contribution < -0.4 is 5.32 Å². The van der Waals surface area contributed by atoms with Crippen molar-refractivity contribution in [3.05, 3.63) is 33.9 Å². The lowest BCUT2D eigenvalue weighted by molar-refractivity contribution is -0.163. The summed E-state index contributed by atoms with van der Waals surface area (Å²) in [5, 5.41) is 17.5. The topological polar surface area (TPSA) is 95.7 Å². The van der Waals surface area contributed by atoms with Crippen molar-refractivity contribution in [3.8, 4) is 11.3 Å². The normalized spacial score (nSPS) is 27.5. The van der Waals surface area contributed by atoms with Gasteiger partial charge < -0.3 is 19.8 Å². The minimum absolute atomic E-state index is 0.276. The fourth-order valence-electron chi connectivity index (χ4n) is 3.97. The summed E-state index contributed by atoms with van der Waals surface area (Å²) in [6.45, 7) is 7.21. The van der Waals surface area contributed by atoms with Gasteiger partial charge in [-0.3, -0.25) is 4.79 Å². The molecule has 0 unspecified atom stereocenters. The van der Waals surface area contributed by atoms with Gasteiger partial charge in [-0.2, -0.15) is 0 Å². The molecular weight excluding hydrogens is 437 g/mol. The van der Waals surface area contributed by atoms with Gasteiger partial charge in [-0.15, -0.1) is 11.8 Å². The van der Waals surface area contributed by atoms with Gasteiger partial charge >= 0.3 is 5.97 Å². The summed E-state index contributed by atoms with van der Waals surface area (Å²) in [5.74, 6) is -0.884. The Labute approximate surface area is 181 Å². The van der Waals surface area contributed by atoms with Gasteiger partial charge in [0.05, 0.1) is 5.02 Å². The van der Waals surface area contributed by atoms with Gasteiger partial charge in [-0.05, 0) is 45.9 Å². The zero-order valence-corrected chi connectivity index (χ0v) is 18.4. The summed E-state index contributed by atoms with van der Waals surface area (Å²) in [5.41, 5.74) is 0.697. The van der Waals surface area contributed by atoms with Crippen LogP contribution in [0.2, 0.25) is 10.0 Å². The standard InChI is InChI=1S/C19H19Cl2N3O4S/c1-8-12(13(28-23-8)10-6-5-9(20)7-11(10)21)22-19(4)16(27)24-14(15(25)26)18(2,3)29-17(19)24/h5-7,14,17,22H,1-4H3,(H,25,26)/t14-,17+,19-/m0/s1. The number of β-lactam (4-membered cyclic amide) rings is 1. The molecule has 7 nitrogen and oxygen atoms in total. The molecule has 2 fully saturated rings. The fourth-order valence-corrected chi connectivity index (χ4v) is 6.11. The molecule has 29 heavy (non-hydrogen) atoms. The number of hydrogen-bond acceptors (Lipinski definition) is 6. The predicted octanol–water partition coefficient (Wildman–Crippen LogP) is 4.27. The molecule has 1 aromatic heterocycles. The minimum Gasteiger partial charge on any atom is -0.480 e. The van der Waals surface area contributed by atoms with Crippen LogP contribution in [0, 0.1) is 6.92 Å². The molecule has 4 rings (SSSR count). The molecule has 2 aromatic rings. The number of hydrogen-bond donors (Lipinski definition) is 2. The Morgan fingerprint density at radius 1 is 1.34 bits per heavy atom. The molecule has 0 bridgehead atoms. The highest BCUT2D eigenvalue weighted by Crippen LogP contribution is 2.56. The first-order chi connectivity index (χ1) is 13.5. The molecule has 0 saturated carbocycles. The van der Waals surface area contributed by atoms with Crippen LogP contribution in [-0.4, -0.2) is 48.7 Å². The van der Waals surface area contributed by atoms with Gasteiger partial charge in [0.15, 0.2) is 5.76 Å². The van der Waals surface area contributed by atoms with Crippen molar-refractivity contribution in [2.75, 3.05) is 5.32 Å². The van der Waals surface area contributed by atoms with Gasteiger partial charge in [-0.1, -0.05) is 28.4 Å². The number of fused-ring (bicyclic) bond motifs is 1. The van der Waals surface area contributed by atoms with Crippen molar-refractivity contribution in [2.24, 2.45) is 0 Å². The van der Waals surface area contributed by atoms with E-state index in [1.807, 2.05) is 13.8 Å². The summed E-state index contributed by atoms with van der Waals surface area (Å²) in [6.07, 6.45) is 0. The van der Waals surface area contributed by atoms with Crippen molar-refractivity contribution in [1.82, 2.24) is 10.1 Å². The maximum Gasteiger partial charge on any atom is 0.327 e. The minimum atomic E-state index is -1.00. The Hall–Kier alpha value is -1.90. The van der Waals surface area contributed by atoms with Gasteiger partial charge in [0, 0.05) is 15.3 Å². The molecule has 3 heterocycles. The van der Waals surface area contributed by atoms with E-state index < -0.39 is 22.3 Å². The maximum atomic E-state index is 13.1. The molecule has 0 spiro atoms. The third-order valence-corrected chi connectivity index (χ3v) is 7.73. The van der Waals surface area contributed by atoms with Gasteiger partial charge in [0.2, 0.25) is 0 Å². The third-order valence-electron chi connectivity index (χ3n) is 5.43. The number of aryl methyl sites for hydroxylation is 1.